The van der Waals surface area contributed by atoms with E-state index in [4.69, 9.17) is 9.72 Å². The standard InChI is InChI=1S/C46H55N9O6/c1-3-37-45(60)53(2)39-27-48-46(52-41(39)55(37)34-11-4-5-12-34)50-33-16-14-30(15-17-33)42(57)49-32-20-18-31(19-21-32)47-24-26-61-25-7-6-9-29-10-8-13-35-36(29)28-54(44(35)59)38-22-23-40(56)51-43(38)58/h8,10,13-17,27,31-32,34,37-38,47H,3-5,7,11-12,18-26,28H2,1-2H3,(H,49,57)(H,48,50,52)(H,51,56,58)/t31?,32?,37-,38+/m1/s1. The Hall–Kier alpha value is -5.85. The van der Waals surface area contributed by atoms with Crippen molar-refractivity contribution in [2.75, 3.05) is 41.9 Å². The third-order valence-corrected chi connectivity index (χ3v) is 12.7. The Balaban J connectivity index is 0.734. The van der Waals surface area contributed by atoms with Crippen molar-refractivity contribution >= 4 is 52.7 Å². The first kappa shape index (κ1) is 41.9. The van der Waals surface area contributed by atoms with Gasteiger partial charge in [-0.25, -0.2) is 4.98 Å². The van der Waals surface area contributed by atoms with Crippen LogP contribution in [0.3, 0.4) is 0 Å². The molecule has 2 saturated carbocycles. The van der Waals surface area contributed by atoms with Gasteiger partial charge in [0.2, 0.25) is 23.7 Å². The van der Waals surface area contributed by atoms with Crippen LogP contribution >= 0.6 is 0 Å². The van der Waals surface area contributed by atoms with Crippen LogP contribution in [0.25, 0.3) is 0 Å². The third-order valence-electron chi connectivity index (χ3n) is 12.7. The first-order valence-electron chi connectivity index (χ1n) is 21.9. The molecule has 2 aliphatic carbocycles. The van der Waals surface area contributed by atoms with Crippen molar-refractivity contribution in [3.63, 3.8) is 0 Å². The largest absolute Gasteiger partial charge is 0.379 e. The average Bonchev–Trinajstić information content (AvgIpc) is 3.92. The number of nitrogens with one attached hydrogen (secondary N) is 4. The molecule has 1 saturated heterocycles. The Labute approximate surface area is 356 Å². The predicted octanol–water partition coefficient (Wildman–Crippen LogP) is 4.57. The summed E-state index contributed by atoms with van der Waals surface area (Å²) in [6.07, 6.45) is 11.7. The van der Waals surface area contributed by atoms with Crippen LogP contribution < -0.4 is 31.1 Å². The molecule has 15 heteroatoms. The number of hydrogen-bond acceptors (Lipinski definition) is 11. The summed E-state index contributed by atoms with van der Waals surface area (Å²) in [5.41, 5.74) is 4.23. The maximum Gasteiger partial charge on any atom is 0.255 e. The van der Waals surface area contributed by atoms with E-state index in [-0.39, 0.29) is 42.1 Å². The molecule has 8 rings (SSSR count). The van der Waals surface area contributed by atoms with Gasteiger partial charge in [0.1, 0.15) is 17.8 Å². The van der Waals surface area contributed by atoms with Crippen LogP contribution in [0, 0.1) is 11.8 Å². The second kappa shape index (κ2) is 18.8. The molecule has 3 aliphatic heterocycles. The summed E-state index contributed by atoms with van der Waals surface area (Å²) < 4.78 is 5.83. The second-order valence-electron chi connectivity index (χ2n) is 16.6. The third kappa shape index (κ3) is 9.25. The molecule has 3 aromatic rings. The fraction of sp³-hybridized carbons (Fsp3) is 0.500. The van der Waals surface area contributed by atoms with E-state index >= 15 is 0 Å². The fourth-order valence-corrected chi connectivity index (χ4v) is 9.41. The summed E-state index contributed by atoms with van der Waals surface area (Å²) >= 11 is 0. The molecular weight excluding hydrogens is 775 g/mol. The summed E-state index contributed by atoms with van der Waals surface area (Å²) in [5.74, 6) is 6.65. The first-order valence-corrected chi connectivity index (χ1v) is 21.9. The van der Waals surface area contributed by atoms with Crippen LogP contribution in [0.15, 0.2) is 48.7 Å². The SMILES string of the molecule is CC[C@@H]1C(=O)N(C)c2cnc(Nc3ccc(C(=O)NC4CCC(NCCOCCC#Cc5cccc6c5CN([C@H]5CCC(=O)NC5=O)C6=O)CC4)cc3)nc2N1C1CCCC1. The van der Waals surface area contributed by atoms with E-state index < -0.39 is 11.9 Å². The molecule has 0 spiro atoms. The van der Waals surface area contributed by atoms with Gasteiger partial charge in [0.15, 0.2) is 5.82 Å². The zero-order valence-corrected chi connectivity index (χ0v) is 35.0. The van der Waals surface area contributed by atoms with E-state index in [0.717, 1.165) is 86.2 Å². The minimum atomic E-state index is -0.652. The van der Waals surface area contributed by atoms with Crippen LogP contribution in [0.2, 0.25) is 0 Å². The molecule has 4 N–H and O–H groups in total. The van der Waals surface area contributed by atoms with Crippen LogP contribution in [0.1, 0.15) is 116 Å². The van der Waals surface area contributed by atoms with Gasteiger partial charge in [-0.2, -0.15) is 4.98 Å². The van der Waals surface area contributed by atoms with Crippen LogP contribution in [0.5, 0.6) is 0 Å². The number of fused-ring (bicyclic) bond motifs is 2. The molecular formula is C46H55N9O6. The zero-order chi connectivity index (χ0) is 42.5. The molecule has 3 fully saturated rings. The fourth-order valence-electron chi connectivity index (χ4n) is 9.41. The van der Waals surface area contributed by atoms with E-state index in [1.165, 1.54) is 0 Å². The van der Waals surface area contributed by atoms with Crippen molar-refractivity contribution in [2.45, 2.75) is 121 Å². The van der Waals surface area contributed by atoms with Crippen molar-refractivity contribution in [3.8, 4) is 11.8 Å². The van der Waals surface area contributed by atoms with Crippen molar-refractivity contribution in [2.24, 2.45) is 0 Å². The molecule has 15 nitrogen and oxygen atoms in total. The number of imide groups is 1. The number of likely N-dealkylation sites (N-methyl/N-ethyl adjacent to an activating group) is 1. The van der Waals surface area contributed by atoms with E-state index in [0.29, 0.717) is 68.2 Å². The van der Waals surface area contributed by atoms with Crippen LogP contribution in [-0.4, -0.2) is 101 Å². The molecule has 2 aromatic carbocycles. The quantitative estimate of drug-likeness (QED) is 0.108. The minimum absolute atomic E-state index is 0.0848. The lowest BCUT2D eigenvalue weighted by atomic mass is 9.91. The smallest absolute Gasteiger partial charge is 0.255 e. The number of carbonyl (C=O) groups is 5. The maximum atomic E-state index is 13.2. The number of amides is 5. The van der Waals surface area contributed by atoms with E-state index in [1.54, 1.807) is 35.2 Å². The highest BCUT2D eigenvalue weighted by Crippen LogP contribution is 2.40. The molecule has 0 bridgehead atoms. The highest BCUT2D eigenvalue weighted by atomic mass is 16.5. The van der Waals surface area contributed by atoms with Crippen LogP contribution in [0.4, 0.5) is 23.1 Å². The van der Waals surface area contributed by atoms with Gasteiger partial charge >= 0.3 is 0 Å². The summed E-state index contributed by atoms with van der Waals surface area (Å²) in [6, 6.07) is 12.7. The number of carbonyl (C=O) groups excluding carboxylic acids is 5. The molecule has 4 heterocycles. The Kier molecular flexibility index (Phi) is 12.9. The number of nitrogens with zero attached hydrogens (tertiary/aromatic N) is 5. The van der Waals surface area contributed by atoms with Crippen molar-refractivity contribution in [1.29, 1.82) is 0 Å². The van der Waals surface area contributed by atoms with Gasteiger partial charge in [-0.15, -0.1) is 0 Å². The normalized spacial score (nSPS) is 22.7. The number of anilines is 4. The molecule has 2 atom stereocenters. The Morgan fingerprint density at radius 2 is 1.72 bits per heavy atom. The number of rotatable bonds is 13. The van der Waals surface area contributed by atoms with Gasteiger partial charge < -0.3 is 35.4 Å². The lowest BCUT2D eigenvalue weighted by Crippen LogP contribution is -2.55. The number of aromatic nitrogens is 2. The molecule has 5 amide bonds. The van der Waals surface area contributed by atoms with E-state index in [9.17, 15) is 24.0 Å². The Morgan fingerprint density at radius 1 is 0.951 bits per heavy atom. The highest BCUT2D eigenvalue weighted by Gasteiger charge is 2.42. The number of ether oxygens (including phenoxy) is 1. The first-order chi connectivity index (χ1) is 29.7. The van der Waals surface area contributed by atoms with E-state index in [1.807, 2.05) is 30.3 Å². The van der Waals surface area contributed by atoms with E-state index in [2.05, 4.69) is 49.9 Å². The molecule has 5 aliphatic rings. The lowest BCUT2D eigenvalue weighted by molar-refractivity contribution is -0.137. The topological polar surface area (TPSA) is 178 Å². The summed E-state index contributed by atoms with van der Waals surface area (Å²) in [4.78, 5) is 78.4. The van der Waals surface area contributed by atoms with Crippen LogP contribution in [-0.2, 0) is 25.7 Å². The summed E-state index contributed by atoms with van der Waals surface area (Å²) in [7, 11) is 1.80. The second-order valence-corrected chi connectivity index (χ2v) is 16.6. The maximum absolute atomic E-state index is 13.2. The predicted molar refractivity (Wildman–Crippen MR) is 230 cm³/mol. The van der Waals surface area contributed by atoms with Gasteiger partial charge in [0, 0.05) is 73.5 Å². The molecule has 1 aromatic heterocycles. The van der Waals surface area contributed by atoms with Gasteiger partial charge in [0.05, 0.1) is 19.4 Å². The average molecular weight is 830 g/mol. The summed E-state index contributed by atoms with van der Waals surface area (Å²) in [6.45, 7) is 4.13. The monoisotopic (exact) mass is 829 g/mol. The van der Waals surface area contributed by atoms with Crippen molar-refractivity contribution in [1.82, 2.24) is 30.8 Å². The molecule has 0 radical (unpaired) electrons. The molecule has 61 heavy (non-hydrogen) atoms. The highest BCUT2D eigenvalue weighted by molar-refractivity contribution is 6.06. The van der Waals surface area contributed by atoms with Gasteiger partial charge in [-0.1, -0.05) is 37.7 Å². The van der Waals surface area contributed by atoms with Gasteiger partial charge in [-0.05, 0) is 93.3 Å². The minimum Gasteiger partial charge on any atom is -0.379 e. The number of hydrogen-bond donors (Lipinski definition) is 4. The van der Waals surface area contributed by atoms with Crippen molar-refractivity contribution < 1.29 is 28.7 Å². The summed E-state index contributed by atoms with van der Waals surface area (Å²) in [5, 5.41) is 12.4. The Bertz CT molecular complexity index is 2210. The van der Waals surface area contributed by atoms with Gasteiger partial charge in [0.25, 0.3) is 11.8 Å². The number of benzene rings is 2. The molecule has 0 unspecified atom stereocenters. The van der Waals surface area contributed by atoms with Crippen molar-refractivity contribution in [3.05, 3.63) is 70.9 Å². The number of piperidine rings is 1. The Morgan fingerprint density at radius 3 is 2.48 bits per heavy atom. The lowest BCUT2D eigenvalue weighted by Gasteiger charge is -2.43. The van der Waals surface area contributed by atoms with Gasteiger partial charge in [-0.3, -0.25) is 29.3 Å². The molecule has 320 valence electrons. The zero-order valence-electron chi connectivity index (χ0n) is 35.0.